The van der Waals surface area contributed by atoms with Gasteiger partial charge in [0.15, 0.2) is 0 Å². The van der Waals surface area contributed by atoms with Crippen molar-refractivity contribution in [2.24, 2.45) is 7.05 Å². The zero-order valence-corrected chi connectivity index (χ0v) is 16.8. The molecular formula is C19H31N3O3S. The summed E-state index contributed by atoms with van der Waals surface area (Å²) in [5.41, 5.74) is 1.08. The van der Waals surface area contributed by atoms with Crippen LogP contribution in [0.1, 0.15) is 74.0 Å². The molecule has 7 heteroatoms. The summed E-state index contributed by atoms with van der Waals surface area (Å²) in [6.45, 7) is 3.28. The van der Waals surface area contributed by atoms with Crippen LogP contribution in [0, 0.1) is 6.92 Å². The Hall–Kier alpha value is -1.34. The molecule has 0 bridgehead atoms. The van der Waals surface area contributed by atoms with Gasteiger partial charge >= 0.3 is 0 Å². The van der Waals surface area contributed by atoms with Gasteiger partial charge in [0.05, 0.1) is 0 Å². The summed E-state index contributed by atoms with van der Waals surface area (Å²) in [5, 5.41) is 0. The number of carbonyl (C=O) groups excluding carboxylic acids is 1. The summed E-state index contributed by atoms with van der Waals surface area (Å²) in [4.78, 5) is 14.8. The first kappa shape index (κ1) is 19.4. The van der Waals surface area contributed by atoms with E-state index in [0.29, 0.717) is 11.4 Å². The van der Waals surface area contributed by atoms with Crippen molar-refractivity contribution in [3.05, 3.63) is 17.5 Å². The average Bonchev–Trinajstić information content (AvgIpc) is 3.19. The predicted molar refractivity (Wildman–Crippen MR) is 102 cm³/mol. The maximum atomic E-state index is 13.0. The van der Waals surface area contributed by atoms with Crippen molar-refractivity contribution in [2.75, 3.05) is 13.1 Å². The minimum absolute atomic E-state index is 0.00219. The molecule has 1 N–H and O–H groups in total. The van der Waals surface area contributed by atoms with E-state index >= 15 is 0 Å². The van der Waals surface area contributed by atoms with Gasteiger partial charge in [-0.15, -0.1) is 0 Å². The second kappa shape index (κ2) is 8.13. The number of nitrogens with zero attached hydrogens (tertiary/aromatic N) is 2. The van der Waals surface area contributed by atoms with Crippen LogP contribution in [-0.2, 0) is 17.1 Å². The Labute approximate surface area is 157 Å². The largest absolute Gasteiger partial charge is 0.343 e. The lowest BCUT2D eigenvalue weighted by Gasteiger charge is -2.20. The minimum atomic E-state index is -3.62. The summed E-state index contributed by atoms with van der Waals surface area (Å²) in [7, 11) is -1.85. The molecule has 0 unspecified atom stereocenters. The Kier molecular flexibility index (Phi) is 6.07. The Bertz CT molecular complexity index is 740. The number of nitrogens with one attached hydrogen (secondary N) is 1. The third kappa shape index (κ3) is 4.14. The zero-order chi connectivity index (χ0) is 18.7. The van der Waals surface area contributed by atoms with Crippen LogP contribution in [0.4, 0.5) is 0 Å². The van der Waals surface area contributed by atoms with E-state index in [1.165, 1.54) is 19.3 Å². The van der Waals surface area contributed by atoms with Crippen LogP contribution >= 0.6 is 0 Å². The summed E-state index contributed by atoms with van der Waals surface area (Å²) < 4.78 is 30.6. The number of likely N-dealkylation sites (tertiary alicyclic amines) is 1. The number of carbonyl (C=O) groups is 1. The number of aromatic nitrogens is 1. The molecule has 1 aromatic heterocycles. The van der Waals surface area contributed by atoms with Crippen LogP contribution in [0.5, 0.6) is 0 Å². The van der Waals surface area contributed by atoms with Crippen LogP contribution in [-0.4, -0.2) is 42.9 Å². The fourth-order valence-electron chi connectivity index (χ4n) is 4.09. The minimum Gasteiger partial charge on any atom is -0.343 e. The zero-order valence-electron chi connectivity index (χ0n) is 16.0. The van der Waals surface area contributed by atoms with Gasteiger partial charge in [0.1, 0.15) is 10.6 Å². The van der Waals surface area contributed by atoms with Crippen LogP contribution < -0.4 is 4.72 Å². The van der Waals surface area contributed by atoms with E-state index in [-0.39, 0.29) is 16.8 Å². The second-order valence-electron chi connectivity index (χ2n) is 7.70. The molecule has 3 rings (SSSR count). The average molecular weight is 382 g/mol. The Morgan fingerprint density at radius 2 is 1.62 bits per heavy atom. The molecule has 1 saturated carbocycles. The van der Waals surface area contributed by atoms with Crippen molar-refractivity contribution < 1.29 is 13.2 Å². The van der Waals surface area contributed by atoms with Gasteiger partial charge in [-0.1, -0.05) is 32.1 Å². The van der Waals surface area contributed by atoms with Crippen LogP contribution in [0.15, 0.2) is 11.0 Å². The van der Waals surface area contributed by atoms with Crippen molar-refractivity contribution in [3.8, 4) is 0 Å². The molecule has 1 aromatic rings. The number of sulfonamides is 1. The van der Waals surface area contributed by atoms with Crippen molar-refractivity contribution >= 4 is 15.9 Å². The van der Waals surface area contributed by atoms with E-state index in [9.17, 15) is 13.2 Å². The van der Waals surface area contributed by atoms with Gasteiger partial charge in [-0.05, 0) is 38.7 Å². The Balaban J connectivity index is 1.80. The normalized spacial score (nSPS) is 20.2. The third-order valence-corrected chi connectivity index (χ3v) is 7.45. The van der Waals surface area contributed by atoms with Gasteiger partial charge < -0.3 is 9.47 Å². The molecule has 26 heavy (non-hydrogen) atoms. The molecular weight excluding hydrogens is 350 g/mol. The molecule has 2 aliphatic rings. The molecule has 6 nitrogen and oxygen atoms in total. The highest BCUT2D eigenvalue weighted by atomic mass is 32.2. The second-order valence-corrected chi connectivity index (χ2v) is 9.38. The van der Waals surface area contributed by atoms with Crippen molar-refractivity contribution in [1.82, 2.24) is 14.2 Å². The third-order valence-electron chi connectivity index (χ3n) is 5.82. The van der Waals surface area contributed by atoms with Gasteiger partial charge in [0, 0.05) is 31.9 Å². The van der Waals surface area contributed by atoms with Crippen molar-refractivity contribution in [3.63, 3.8) is 0 Å². The number of rotatable bonds is 4. The summed E-state index contributed by atoms with van der Waals surface area (Å²) in [5.74, 6) is -0.0690. The van der Waals surface area contributed by atoms with E-state index < -0.39 is 10.0 Å². The highest BCUT2D eigenvalue weighted by molar-refractivity contribution is 7.89. The first-order valence-corrected chi connectivity index (χ1v) is 11.4. The fourth-order valence-corrected chi connectivity index (χ4v) is 5.68. The number of hydrogen-bond acceptors (Lipinski definition) is 3. The van der Waals surface area contributed by atoms with Gasteiger partial charge in [-0.25, -0.2) is 13.1 Å². The lowest BCUT2D eigenvalue weighted by Crippen LogP contribution is -2.35. The monoisotopic (exact) mass is 381 g/mol. The van der Waals surface area contributed by atoms with Gasteiger partial charge in [0.2, 0.25) is 10.0 Å². The molecule has 2 heterocycles. The molecule has 0 spiro atoms. The predicted octanol–water partition coefficient (Wildman–Crippen LogP) is 2.96. The van der Waals surface area contributed by atoms with E-state index in [0.717, 1.165) is 51.6 Å². The SMILES string of the molecule is Cc1c(S(=O)(=O)NC2CCCCCCC2)cc(C(=O)N2CCCC2)n1C. The first-order valence-electron chi connectivity index (χ1n) is 9.88. The molecule has 2 fully saturated rings. The summed E-state index contributed by atoms with van der Waals surface area (Å²) in [6, 6.07) is 1.55. The first-order chi connectivity index (χ1) is 12.4. The van der Waals surface area contributed by atoms with E-state index in [4.69, 9.17) is 0 Å². The summed E-state index contributed by atoms with van der Waals surface area (Å²) in [6.07, 6.45) is 9.56. The molecule has 0 aromatic carbocycles. The smallest absolute Gasteiger partial charge is 0.270 e. The van der Waals surface area contributed by atoms with Crippen LogP contribution in [0.3, 0.4) is 0 Å². The quantitative estimate of drug-likeness (QED) is 0.872. The lowest BCUT2D eigenvalue weighted by molar-refractivity contribution is 0.0783. The topological polar surface area (TPSA) is 71.4 Å². The maximum Gasteiger partial charge on any atom is 0.270 e. The maximum absolute atomic E-state index is 13.0. The summed E-state index contributed by atoms with van der Waals surface area (Å²) >= 11 is 0. The van der Waals surface area contributed by atoms with Crippen LogP contribution in [0.25, 0.3) is 0 Å². The van der Waals surface area contributed by atoms with Crippen molar-refractivity contribution in [1.29, 1.82) is 0 Å². The van der Waals surface area contributed by atoms with E-state index in [1.807, 2.05) is 4.90 Å². The molecule has 0 atom stereocenters. The fraction of sp³-hybridized carbons (Fsp3) is 0.737. The standard InChI is InChI=1S/C19H31N3O3S/c1-15-18(14-17(21(15)2)19(23)22-12-8-9-13-22)26(24,25)20-16-10-6-4-3-5-7-11-16/h14,16,20H,3-13H2,1-2H3. The van der Waals surface area contributed by atoms with Gasteiger partial charge in [-0.2, -0.15) is 0 Å². The molecule has 0 radical (unpaired) electrons. The Morgan fingerprint density at radius 3 is 2.23 bits per heavy atom. The highest BCUT2D eigenvalue weighted by Gasteiger charge is 2.29. The lowest BCUT2D eigenvalue weighted by atomic mass is 9.97. The molecule has 146 valence electrons. The number of amides is 1. The highest BCUT2D eigenvalue weighted by Crippen LogP contribution is 2.24. The molecule has 1 amide bonds. The van der Waals surface area contributed by atoms with Gasteiger partial charge in [0.25, 0.3) is 5.91 Å². The van der Waals surface area contributed by atoms with E-state index in [1.54, 1.807) is 24.6 Å². The molecule has 1 aliphatic carbocycles. The number of hydrogen-bond donors (Lipinski definition) is 1. The van der Waals surface area contributed by atoms with Crippen LogP contribution in [0.2, 0.25) is 0 Å². The molecule has 1 saturated heterocycles. The van der Waals surface area contributed by atoms with Gasteiger partial charge in [-0.3, -0.25) is 4.79 Å². The van der Waals surface area contributed by atoms with Crippen molar-refractivity contribution in [2.45, 2.75) is 75.6 Å². The molecule has 1 aliphatic heterocycles. The van der Waals surface area contributed by atoms with E-state index in [2.05, 4.69) is 4.72 Å². The Morgan fingerprint density at radius 1 is 1.04 bits per heavy atom.